The number of nitrogens with zero attached hydrogens (tertiary/aromatic N) is 1. The fraction of sp³-hybridized carbons (Fsp3) is 0.923. The first-order valence-electron chi connectivity index (χ1n) is 6.60. The molecule has 1 rings (SSSR count). The molecule has 2 atom stereocenters. The van der Waals surface area contributed by atoms with Gasteiger partial charge in [-0.05, 0) is 33.6 Å². The van der Waals surface area contributed by atoms with E-state index < -0.39 is 11.7 Å². The predicted octanol–water partition coefficient (Wildman–Crippen LogP) is 1.37. The molecule has 0 spiro atoms. The van der Waals surface area contributed by atoms with Gasteiger partial charge in [-0.3, -0.25) is 0 Å². The van der Waals surface area contributed by atoms with E-state index in [9.17, 15) is 9.90 Å². The van der Waals surface area contributed by atoms with E-state index in [4.69, 9.17) is 14.2 Å². The van der Waals surface area contributed by atoms with E-state index >= 15 is 0 Å². The van der Waals surface area contributed by atoms with Crippen LogP contribution < -0.4 is 0 Å². The number of carbonyl (C=O) groups is 1. The van der Waals surface area contributed by atoms with Crippen molar-refractivity contribution in [1.29, 1.82) is 0 Å². The molecule has 1 heterocycles. The van der Waals surface area contributed by atoms with Crippen LogP contribution in [0.5, 0.6) is 0 Å². The lowest BCUT2D eigenvalue weighted by Gasteiger charge is -2.40. The molecule has 1 aliphatic rings. The van der Waals surface area contributed by atoms with E-state index in [2.05, 4.69) is 0 Å². The Labute approximate surface area is 114 Å². The van der Waals surface area contributed by atoms with Gasteiger partial charge in [0.1, 0.15) is 12.4 Å². The number of hydrogen-bond donors (Lipinski definition) is 1. The monoisotopic (exact) mass is 275 g/mol. The number of aliphatic hydroxyl groups is 1. The zero-order valence-corrected chi connectivity index (χ0v) is 12.2. The predicted molar refractivity (Wildman–Crippen MR) is 69.8 cm³/mol. The first kappa shape index (κ1) is 16.2. The second kappa shape index (κ2) is 7.07. The van der Waals surface area contributed by atoms with Crippen LogP contribution in [-0.2, 0) is 14.2 Å². The first-order valence-corrected chi connectivity index (χ1v) is 6.60. The summed E-state index contributed by atoms with van der Waals surface area (Å²) in [7, 11) is 1.54. The fourth-order valence-corrected chi connectivity index (χ4v) is 2.13. The Balaban J connectivity index is 2.67. The maximum atomic E-state index is 12.1. The van der Waals surface area contributed by atoms with E-state index in [1.54, 1.807) is 12.0 Å². The van der Waals surface area contributed by atoms with Gasteiger partial charge in [-0.15, -0.1) is 0 Å². The molecular formula is C13H25NO5. The molecule has 1 fully saturated rings. The molecule has 112 valence electrons. The summed E-state index contributed by atoms with van der Waals surface area (Å²) >= 11 is 0. The van der Waals surface area contributed by atoms with Crippen LogP contribution in [0.2, 0.25) is 0 Å². The van der Waals surface area contributed by atoms with E-state index in [-0.39, 0.29) is 25.5 Å². The number of aliphatic hydroxyl groups excluding tert-OH is 1. The third-order valence-corrected chi connectivity index (χ3v) is 2.93. The van der Waals surface area contributed by atoms with E-state index in [1.165, 1.54) is 0 Å². The molecule has 1 N–H and O–H groups in total. The van der Waals surface area contributed by atoms with Crippen molar-refractivity contribution >= 4 is 6.09 Å². The lowest BCUT2D eigenvalue weighted by molar-refractivity contribution is -0.121. The molecule has 1 aliphatic heterocycles. The van der Waals surface area contributed by atoms with E-state index in [0.29, 0.717) is 6.54 Å². The van der Waals surface area contributed by atoms with Crippen LogP contribution in [0.25, 0.3) is 0 Å². The highest BCUT2D eigenvalue weighted by Gasteiger charge is 2.36. The highest BCUT2D eigenvalue weighted by Crippen LogP contribution is 2.22. The van der Waals surface area contributed by atoms with Crippen LogP contribution in [0.3, 0.4) is 0 Å². The molecule has 0 aliphatic carbocycles. The summed E-state index contributed by atoms with van der Waals surface area (Å²) in [6.07, 6.45) is 1.00. The van der Waals surface area contributed by atoms with Crippen LogP contribution in [0, 0.1) is 0 Å². The number of piperidine rings is 1. The Morgan fingerprint density at radius 3 is 2.63 bits per heavy atom. The van der Waals surface area contributed by atoms with Crippen molar-refractivity contribution in [3.8, 4) is 0 Å². The summed E-state index contributed by atoms with van der Waals surface area (Å²) in [6, 6.07) is -0.376. The van der Waals surface area contributed by atoms with Crippen molar-refractivity contribution in [1.82, 2.24) is 4.90 Å². The Kier molecular flexibility index (Phi) is 6.03. The van der Waals surface area contributed by atoms with E-state index in [1.807, 2.05) is 20.8 Å². The average Bonchev–Trinajstić information content (AvgIpc) is 2.33. The number of ether oxygens (including phenoxy) is 3. The largest absolute Gasteiger partial charge is 0.444 e. The van der Waals surface area contributed by atoms with Crippen molar-refractivity contribution in [3.63, 3.8) is 0 Å². The first-order chi connectivity index (χ1) is 8.89. The van der Waals surface area contributed by atoms with Gasteiger partial charge in [-0.25, -0.2) is 4.79 Å². The van der Waals surface area contributed by atoms with Gasteiger partial charge in [-0.1, -0.05) is 0 Å². The molecule has 6 heteroatoms. The summed E-state index contributed by atoms with van der Waals surface area (Å²) in [5.41, 5.74) is -0.544. The second-order valence-electron chi connectivity index (χ2n) is 5.68. The van der Waals surface area contributed by atoms with Gasteiger partial charge in [0.2, 0.25) is 0 Å². The molecule has 0 aromatic carbocycles. The second-order valence-corrected chi connectivity index (χ2v) is 5.68. The Morgan fingerprint density at radius 2 is 2.11 bits per heavy atom. The summed E-state index contributed by atoms with van der Waals surface area (Å²) in [5, 5.41) is 9.51. The molecule has 0 saturated carbocycles. The molecular weight excluding hydrogens is 250 g/mol. The molecule has 0 aromatic rings. The lowest BCUT2D eigenvalue weighted by Crippen LogP contribution is -2.54. The van der Waals surface area contributed by atoms with Crippen LogP contribution in [0.4, 0.5) is 4.79 Å². The van der Waals surface area contributed by atoms with Crippen LogP contribution in [0.1, 0.15) is 33.6 Å². The van der Waals surface area contributed by atoms with Gasteiger partial charge in [0.25, 0.3) is 0 Å². The molecule has 1 amide bonds. The number of carbonyl (C=O) groups excluding carboxylic acids is 1. The molecule has 0 unspecified atom stereocenters. The van der Waals surface area contributed by atoms with Crippen molar-refractivity contribution in [2.24, 2.45) is 0 Å². The minimum absolute atomic E-state index is 0.145. The molecule has 0 bridgehead atoms. The van der Waals surface area contributed by atoms with Gasteiger partial charge >= 0.3 is 6.09 Å². The number of likely N-dealkylation sites (tertiary alicyclic amines) is 1. The highest BCUT2D eigenvalue weighted by molar-refractivity contribution is 5.68. The minimum atomic E-state index is -0.544. The quantitative estimate of drug-likeness (QED) is 0.785. The van der Waals surface area contributed by atoms with Crippen molar-refractivity contribution in [3.05, 3.63) is 0 Å². The summed E-state index contributed by atoms with van der Waals surface area (Å²) in [5.74, 6) is 0. The Bertz CT molecular complexity index is 289. The summed E-state index contributed by atoms with van der Waals surface area (Å²) < 4.78 is 15.7. The van der Waals surface area contributed by atoms with Crippen LogP contribution >= 0.6 is 0 Å². The van der Waals surface area contributed by atoms with Gasteiger partial charge in [0.15, 0.2) is 0 Å². The number of rotatable bonds is 4. The summed E-state index contributed by atoms with van der Waals surface area (Å²) in [6.45, 7) is 6.05. The number of methoxy groups -OCH3 is 1. The zero-order chi connectivity index (χ0) is 14.5. The summed E-state index contributed by atoms with van der Waals surface area (Å²) in [4.78, 5) is 13.7. The third kappa shape index (κ3) is 4.97. The Morgan fingerprint density at radius 1 is 1.42 bits per heavy atom. The van der Waals surface area contributed by atoms with Gasteiger partial charge in [0, 0.05) is 13.7 Å². The molecule has 0 radical (unpaired) electrons. The standard InChI is InChI=1S/C13H25NO5/c1-13(2,3)19-12(16)14-7-5-6-11(10(14)8-15)18-9-17-4/h10-11,15H,5-9H2,1-4H3/t10-,11+/m1/s1. The lowest BCUT2D eigenvalue weighted by atomic mass is 10.00. The average molecular weight is 275 g/mol. The smallest absolute Gasteiger partial charge is 0.410 e. The van der Waals surface area contributed by atoms with Crippen LogP contribution in [0.15, 0.2) is 0 Å². The SMILES string of the molecule is COCO[C@H]1CCCN(C(=O)OC(C)(C)C)[C@@H]1CO. The van der Waals surface area contributed by atoms with Crippen molar-refractivity contribution < 1.29 is 24.1 Å². The maximum Gasteiger partial charge on any atom is 0.410 e. The van der Waals surface area contributed by atoms with Gasteiger partial charge in [-0.2, -0.15) is 0 Å². The molecule has 1 saturated heterocycles. The molecule has 19 heavy (non-hydrogen) atoms. The molecule has 0 aromatic heterocycles. The normalized spacial score (nSPS) is 24.4. The van der Waals surface area contributed by atoms with Crippen molar-refractivity contribution in [2.45, 2.75) is 51.4 Å². The van der Waals surface area contributed by atoms with Crippen LogP contribution in [-0.4, -0.2) is 60.9 Å². The Hall–Kier alpha value is -0.850. The van der Waals surface area contributed by atoms with Crippen molar-refractivity contribution in [2.75, 3.05) is 27.1 Å². The maximum absolute atomic E-state index is 12.1. The van der Waals surface area contributed by atoms with Gasteiger partial charge < -0.3 is 24.2 Å². The topological polar surface area (TPSA) is 68.2 Å². The molecule has 6 nitrogen and oxygen atoms in total. The zero-order valence-electron chi connectivity index (χ0n) is 12.2. The minimum Gasteiger partial charge on any atom is -0.444 e. The van der Waals surface area contributed by atoms with Gasteiger partial charge in [0.05, 0.1) is 18.8 Å². The van der Waals surface area contributed by atoms with E-state index in [0.717, 1.165) is 12.8 Å². The highest BCUT2D eigenvalue weighted by atomic mass is 16.7. The number of amides is 1. The fourth-order valence-electron chi connectivity index (χ4n) is 2.13. The number of hydrogen-bond acceptors (Lipinski definition) is 5. The third-order valence-electron chi connectivity index (χ3n) is 2.93.